The molecule has 10 nitrogen and oxygen atoms in total. The molecule has 54 heavy (non-hydrogen) atoms. The molecular formula is C41H32BrCl2N3O7. The molecule has 2 aliphatic carbocycles. The number of hydrazine groups is 1. The molecule has 4 aromatic rings. The summed E-state index contributed by atoms with van der Waals surface area (Å²) < 4.78 is 6.08. The maximum atomic E-state index is 15.4. The maximum absolute atomic E-state index is 15.4. The van der Waals surface area contributed by atoms with Gasteiger partial charge in [-0.25, -0.2) is 0 Å². The predicted molar refractivity (Wildman–Crippen MR) is 205 cm³/mol. The Bertz CT molecular complexity index is 2310. The third-order valence-electron chi connectivity index (χ3n) is 11.4. The summed E-state index contributed by atoms with van der Waals surface area (Å²) in [6.07, 6.45) is 2.16. The van der Waals surface area contributed by atoms with Crippen LogP contribution in [0, 0.1) is 23.7 Å². The van der Waals surface area contributed by atoms with Crippen LogP contribution in [0.5, 0.6) is 11.5 Å². The van der Waals surface area contributed by atoms with Gasteiger partial charge >= 0.3 is 0 Å². The zero-order chi connectivity index (χ0) is 38.2. The Morgan fingerprint density at radius 2 is 1.63 bits per heavy atom. The van der Waals surface area contributed by atoms with Crippen molar-refractivity contribution in [2.45, 2.75) is 31.1 Å². The molecule has 0 bridgehead atoms. The van der Waals surface area contributed by atoms with Crippen LogP contribution < -0.4 is 15.1 Å². The van der Waals surface area contributed by atoms with E-state index >= 15 is 4.79 Å². The molecule has 4 aromatic carbocycles. The Kier molecular flexibility index (Phi) is 8.94. The molecule has 1 saturated carbocycles. The van der Waals surface area contributed by atoms with Crippen LogP contribution in [0.3, 0.4) is 0 Å². The first-order valence-corrected chi connectivity index (χ1v) is 18.8. The van der Waals surface area contributed by atoms with Crippen molar-refractivity contribution in [3.05, 3.63) is 128 Å². The minimum atomic E-state index is -1.63. The van der Waals surface area contributed by atoms with Crippen LogP contribution >= 0.6 is 39.1 Å². The van der Waals surface area contributed by atoms with Crippen LogP contribution in [-0.4, -0.2) is 46.6 Å². The summed E-state index contributed by atoms with van der Waals surface area (Å²) in [5, 5.41) is 13.1. The number of allylic oxidation sites excluding steroid dienone is 2. The molecule has 2 N–H and O–H groups in total. The van der Waals surface area contributed by atoms with E-state index in [-0.39, 0.29) is 41.0 Å². The molecule has 0 radical (unpaired) electrons. The van der Waals surface area contributed by atoms with E-state index in [4.69, 9.17) is 27.9 Å². The van der Waals surface area contributed by atoms with Gasteiger partial charge in [-0.15, -0.1) is 0 Å². The number of hydrogen-bond acceptors (Lipinski definition) is 8. The van der Waals surface area contributed by atoms with Gasteiger partial charge in [0.05, 0.1) is 46.7 Å². The number of aromatic hydroxyl groups is 1. The second-order valence-electron chi connectivity index (χ2n) is 14.0. The van der Waals surface area contributed by atoms with Crippen molar-refractivity contribution in [3.8, 4) is 11.5 Å². The number of hydrogen-bond donors (Lipinski definition) is 2. The predicted octanol–water partition coefficient (Wildman–Crippen LogP) is 7.86. The largest absolute Gasteiger partial charge is 0.508 e. The number of nitrogens with zero attached hydrogens (tertiary/aromatic N) is 2. The quantitative estimate of drug-likeness (QED) is 0.109. The Balaban J connectivity index is 1.32. The molecule has 2 saturated heterocycles. The summed E-state index contributed by atoms with van der Waals surface area (Å²) in [5.74, 6) is -5.91. The number of carbonyl (C=O) groups is 5. The number of benzene rings is 4. The third-order valence-corrected chi connectivity index (χ3v) is 12.5. The van der Waals surface area contributed by atoms with Gasteiger partial charge in [0.15, 0.2) is 5.78 Å². The molecule has 274 valence electrons. The van der Waals surface area contributed by atoms with Crippen LogP contribution in [-0.2, 0) is 24.6 Å². The van der Waals surface area contributed by atoms with Gasteiger partial charge in [0.2, 0.25) is 11.8 Å². The Morgan fingerprint density at radius 1 is 0.907 bits per heavy atom. The lowest BCUT2D eigenvalue weighted by molar-refractivity contribution is -0.138. The fourth-order valence-corrected chi connectivity index (χ4v) is 9.87. The molecule has 4 amide bonds. The number of halogens is 3. The van der Waals surface area contributed by atoms with Crippen molar-refractivity contribution < 1.29 is 33.8 Å². The van der Waals surface area contributed by atoms with Gasteiger partial charge in [-0.05, 0) is 104 Å². The summed E-state index contributed by atoms with van der Waals surface area (Å²) in [5.41, 5.74) is 3.96. The van der Waals surface area contributed by atoms with Crippen molar-refractivity contribution in [1.82, 2.24) is 5.01 Å². The molecule has 6 atom stereocenters. The first-order valence-electron chi connectivity index (χ1n) is 17.3. The Labute approximate surface area is 328 Å². The van der Waals surface area contributed by atoms with Crippen LogP contribution in [0.1, 0.15) is 47.2 Å². The minimum absolute atomic E-state index is 0.0531. The van der Waals surface area contributed by atoms with Gasteiger partial charge in [-0.1, -0.05) is 62.9 Å². The van der Waals surface area contributed by atoms with E-state index in [0.29, 0.717) is 43.2 Å². The number of Topliss-reactive ketones (excluding diaryl/α,β-unsaturated/α-hetero) is 1. The SMILES string of the molecule is COc1ccc([C@@]23C(=O)N(Nc4ccc(Cl)cc4Cl)C(=O)[C@@H]2C[C@@H]2C(=CC[C@@H]4C(=O)N(c5ccc(C(C)=O)cc5)C(=O)[C@@H]42)[C@@H]3c2cc(Br)ccc2O)cc1. The van der Waals surface area contributed by atoms with Crippen molar-refractivity contribution in [1.29, 1.82) is 0 Å². The minimum Gasteiger partial charge on any atom is -0.508 e. The monoisotopic (exact) mass is 827 g/mol. The third kappa shape index (κ3) is 5.39. The molecule has 0 spiro atoms. The van der Waals surface area contributed by atoms with E-state index in [2.05, 4.69) is 21.4 Å². The number of fused-ring (bicyclic) bond motifs is 4. The number of rotatable bonds is 7. The number of nitrogens with one attached hydrogen (secondary N) is 1. The average Bonchev–Trinajstić information content (AvgIpc) is 3.54. The van der Waals surface area contributed by atoms with Gasteiger partial charge in [0, 0.05) is 26.5 Å². The molecule has 13 heteroatoms. The average molecular weight is 830 g/mol. The number of amides is 4. The lowest BCUT2D eigenvalue weighted by Gasteiger charge is -2.50. The van der Waals surface area contributed by atoms with Crippen molar-refractivity contribution >= 4 is 79.9 Å². The maximum Gasteiger partial charge on any atom is 0.260 e. The molecule has 2 aliphatic heterocycles. The molecular weight excluding hydrogens is 797 g/mol. The number of imide groups is 2. The Hall–Kier alpha value is -4.97. The van der Waals surface area contributed by atoms with Crippen LogP contribution in [0.15, 0.2) is 101 Å². The van der Waals surface area contributed by atoms with Crippen molar-refractivity contribution in [2.24, 2.45) is 23.7 Å². The topological polar surface area (TPSA) is 133 Å². The van der Waals surface area contributed by atoms with Gasteiger partial charge in [-0.3, -0.25) is 34.3 Å². The van der Waals surface area contributed by atoms with Gasteiger partial charge in [-0.2, -0.15) is 5.01 Å². The molecule has 0 unspecified atom stereocenters. The molecule has 0 aromatic heterocycles. The summed E-state index contributed by atoms with van der Waals surface area (Å²) in [6.45, 7) is 1.44. The van der Waals surface area contributed by atoms with E-state index < -0.39 is 52.7 Å². The second-order valence-corrected chi connectivity index (χ2v) is 15.8. The fourth-order valence-electron chi connectivity index (χ4n) is 9.04. The van der Waals surface area contributed by atoms with Crippen LogP contribution in [0.25, 0.3) is 0 Å². The van der Waals surface area contributed by atoms with Crippen LogP contribution in [0.2, 0.25) is 10.0 Å². The van der Waals surface area contributed by atoms with E-state index in [1.807, 2.05) is 6.08 Å². The van der Waals surface area contributed by atoms with Crippen LogP contribution in [0.4, 0.5) is 11.4 Å². The molecule has 2 heterocycles. The smallest absolute Gasteiger partial charge is 0.260 e. The lowest BCUT2D eigenvalue weighted by Crippen LogP contribution is -2.53. The van der Waals surface area contributed by atoms with Crippen molar-refractivity contribution in [3.63, 3.8) is 0 Å². The molecule has 4 aliphatic rings. The molecule has 3 fully saturated rings. The zero-order valence-corrected chi connectivity index (χ0v) is 32.0. The van der Waals surface area contributed by atoms with E-state index in [1.165, 1.54) is 31.1 Å². The first kappa shape index (κ1) is 36.0. The van der Waals surface area contributed by atoms with E-state index in [1.54, 1.807) is 72.8 Å². The molecule has 8 rings (SSSR count). The highest BCUT2D eigenvalue weighted by Crippen LogP contribution is 2.65. The standard InChI is InChI=1S/C41H32BrCl2N3O7/c1-20(48)21-3-9-25(10-4-21)46-37(50)28-14-13-27-29(35(28)39(46)52)19-31-38(51)47(45-33-15-8-24(43)18-32(33)44)40(53)41(31,22-5-11-26(54-2)12-6-22)36(27)30-17-23(42)7-16-34(30)49/h3-13,15-18,28-29,31,35-36,45,49H,14,19H2,1-2H3/t28-,29+,31-,35-,36+,41+/m0/s1. The summed E-state index contributed by atoms with van der Waals surface area (Å²) >= 11 is 16.2. The van der Waals surface area contributed by atoms with E-state index in [0.717, 1.165) is 5.01 Å². The van der Waals surface area contributed by atoms with Crippen molar-refractivity contribution in [2.75, 3.05) is 17.4 Å². The normalized spacial score (nSPS) is 25.9. The number of ether oxygens (including phenoxy) is 1. The first-order chi connectivity index (χ1) is 25.9. The number of phenolic OH excluding ortho intramolecular Hbond substituents is 1. The number of anilines is 2. The number of phenols is 1. The second kappa shape index (κ2) is 13.4. The zero-order valence-electron chi connectivity index (χ0n) is 28.9. The summed E-state index contributed by atoms with van der Waals surface area (Å²) in [4.78, 5) is 72.1. The highest BCUT2D eigenvalue weighted by molar-refractivity contribution is 9.10. The van der Waals surface area contributed by atoms with Gasteiger partial charge in [0.1, 0.15) is 11.5 Å². The summed E-state index contributed by atoms with van der Waals surface area (Å²) in [6, 6.07) is 22.8. The number of ketones is 1. The van der Waals surface area contributed by atoms with E-state index in [9.17, 15) is 24.3 Å². The summed E-state index contributed by atoms with van der Waals surface area (Å²) in [7, 11) is 1.53. The van der Waals surface area contributed by atoms with Gasteiger partial charge < -0.3 is 9.84 Å². The Morgan fingerprint density at radius 3 is 2.30 bits per heavy atom. The highest BCUT2D eigenvalue weighted by atomic mass is 79.9. The lowest BCUT2D eigenvalue weighted by atomic mass is 9.49. The number of methoxy groups -OCH3 is 1. The fraction of sp³-hybridized carbons (Fsp3) is 0.244. The van der Waals surface area contributed by atoms with Gasteiger partial charge in [0.25, 0.3) is 11.8 Å². The number of carbonyl (C=O) groups excluding carboxylic acids is 5. The highest BCUT2D eigenvalue weighted by Gasteiger charge is 2.70.